The van der Waals surface area contributed by atoms with Crippen molar-refractivity contribution in [2.45, 2.75) is 68.4 Å². The Hall–Kier alpha value is -3.02. The van der Waals surface area contributed by atoms with Crippen molar-refractivity contribution in [1.29, 1.82) is 0 Å². The van der Waals surface area contributed by atoms with E-state index in [1.54, 1.807) is 0 Å². The molecule has 4 rings (SSSR count). The zero-order chi connectivity index (χ0) is 27.1. The number of sulfone groups is 1. The van der Waals surface area contributed by atoms with Crippen LogP contribution in [0.25, 0.3) is 0 Å². The molecule has 2 aliphatic rings. The number of benzene rings is 1. The molecule has 1 aliphatic carbocycles. The van der Waals surface area contributed by atoms with Crippen LogP contribution in [0.3, 0.4) is 0 Å². The highest BCUT2D eigenvalue weighted by Crippen LogP contribution is 2.42. The van der Waals surface area contributed by atoms with Gasteiger partial charge in [-0.2, -0.15) is 13.2 Å². The Morgan fingerprint density at radius 3 is 2.41 bits per heavy atom. The van der Waals surface area contributed by atoms with E-state index in [9.17, 15) is 35.6 Å². The van der Waals surface area contributed by atoms with E-state index in [2.05, 4.69) is 10.3 Å². The Labute approximate surface area is 212 Å². The van der Waals surface area contributed by atoms with E-state index in [4.69, 9.17) is 0 Å². The van der Waals surface area contributed by atoms with Gasteiger partial charge in [-0.15, -0.1) is 0 Å². The number of pyridine rings is 1. The van der Waals surface area contributed by atoms with Crippen molar-refractivity contribution in [3.63, 3.8) is 0 Å². The molecule has 7 nitrogen and oxygen atoms in total. The number of carbonyl (C=O) groups excluding carboxylic acids is 2. The van der Waals surface area contributed by atoms with Crippen LogP contribution in [0.15, 0.2) is 41.6 Å². The first kappa shape index (κ1) is 27.0. The van der Waals surface area contributed by atoms with Gasteiger partial charge in [-0.1, -0.05) is 13.0 Å². The fraction of sp³-hybridized carbons (Fsp3) is 0.480. The second-order valence-electron chi connectivity index (χ2n) is 9.58. The van der Waals surface area contributed by atoms with E-state index < -0.39 is 51.3 Å². The predicted octanol–water partition coefficient (Wildman–Crippen LogP) is 4.29. The maximum absolute atomic E-state index is 14.3. The topological polar surface area (TPSA) is 96.4 Å². The third-order valence-electron chi connectivity index (χ3n) is 6.92. The molecule has 0 radical (unpaired) electrons. The van der Waals surface area contributed by atoms with E-state index in [1.165, 1.54) is 29.3 Å². The Morgan fingerprint density at radius 1 is 1.14 bits per heavy atom. The Kier molecular flexibility index (Phi) is 7.33. The van der Waals surface area contributed by atoms with Crippen molar-refractivity contribution >= 4 is 21.7 Å². The highest BCUT2D eigenvalue weighted by molar-refractivity contribution is 7.90. The van der Waals surface area contributed by atoms with Crippen molar-refractivity contribution in [2.75, 3.05) is 6.26 Å². The summed E-state index contributed by atoms with van der Waals surface area (Å²) in [4.78, 5) is 32.1. The molecule has 0 spiro atoms. The van der Waals surface area contributed by atoms with E-state index in [-0.39, 0.29) is 28.1 Å². The summed E-state index contributed by atoms with van der Waals surface area (Å²) >= 11 is 0. The SMILES string of the molecule is CC[C@@H]1CC[C@H](C(=O)NC(c2ccc(C(F)(F)F)c(F)c2)C2CC2)N1C(=O)c1ccnc(S(C)(=O)=O)c1. The van der Waals surface area contributed by atoms with Gasteiger partial charge in [0.2, 0.25) is 5.91 Å². The normalized spacial score (nSPS) is 21.1. The fourth-order valence-corrected chi connectivity index (χ4v) is 5.44. The van der Waals surface area contributed by atoms with Crippen molar-refractivity contribution in [3.8, 4) is 0 Å². The van der Waals surface area contributed by atoms with E-state index in [0.717, 1.165) is 25.2 Å². The summed E-state index contributed by atoms with van der Waals surface area (Å²) in [6.45, 7) is 1.87. The zero-order valence-electron chi connectivity index (χ0n) is 20.3. The Bertz CT molecular complexity index is 1310. The molecule has 1 N–H and O–H groups in total. The predicted molar refractivity (Wildman–Crippen MR) is 126 cm³/mol. The largest absolute Gasteiger partial charge is 0.419 e. The maximum atomic E-state index is 14.3. The number of hydrogen-bond donors (Lipinski definition) is 1. The number of alkyl halides is 3. The van der Waals surface area contributed by atoms with Crippen molar-refractivity contribution in [2.24, 2.45) is 5.92 Å². The van der Waals surface area contributed by atoms with Crippen LogP contribution in [0.1, 0.15) is 66.6 Å². The summed E-state index contributed by atoms with van der Waals surface area (Å²) in [5, 5.41) is 2.59. The van der Waals surface area contributed by atoms with Crippen LogP contribution in [-0.2, 0) is 20.8 Å². The molecule has 1 unspecified atom stereocenters. The third-order valence-corrected chi connectivity index (χ3v) is 7.90. The van der Waals surface area contributed by atoms with Crippen molar-refractivity contribution in [3.05, 3.63) is 59.0 Å². The lowest BCUT2D eigenvalue weighted by atomic mass is 9.99. The van der Waals surface area contributed by atoms with Gasteiger partial charge in [0.1, 0.15) is 11.9 Å². The summed E-state index contributed by atoms with van der Waals surface area (Å²) in [5.74, 6) is -2.46. The zero-order valence-corrected chi connectivity index (χ0v) is 21.1. The minimum atomic E-state index is -4.83. The number of amides is 2. The fourth-order valence-electron chi connectivity index (χ4n) is 4.85. The average Bonchev–Trinajstić information content (AvgIpc) is 3.58. The Morgan fingerprint density at radius 2 is 1.84 bits per heavy atom. The minimum Gasteiger partial charge on any atom is -0.347 e. The molecular formula is C25H27F4N3O4S. The minimum absolute atomic E-state index is 0.0508. The highest BCUT2D eigenvalue weighted by Gasteiger charge is 2.43. The molecule has 1 saturated carbocycles. The first-order chi connectivity index (χ1) is 17.3. The van der Waals surface area contributed by atoms with Crippen LogP contribution >= 0.6 is 0 Å². The van der Waals surface area contributed by atoms with Crippen LogP contribution in [0, 0.1) is 11.7 Å². The maximum Gasteiger partial charge on any atom is 0.419 e. The summed E-state index contributed by atoms with van der Waals surface area (Å²) < 4.78 is 77.1. The van der Waals surface area contributed by atoms with Gasteiger partial charge in [-0.3, -0.25) is 9.59 Å². The monoisotopic (exact) mass is 541 g/mol. The van der Waals surface area contributed by atoms with Crippen LogP contribution in [0.2, 0.25) is 0 Å². The molecule has 1 saturated heterocycles. The summed E-state index contributed by atoms with van der Waals surface area (Å²) in [6, 6.07) is 3.39. The molecule has 0 bridgehead atoms. The van der Waals surface area contributed by atoms with Gasteiger partial charge in [0.05, 0.1) is 11.6 Å². The molecular weight excluding hydrogens is 514 g/mol. The molecule has 1 aromatic carbocycles. The van der Waals surface area contributed by atoms with E-state index in [0.29, 0.717) is 25.3 Å². The molecule has 200 valence electrons. The molecule has 2 heterocycles. The first-order valence-electron chi connectivity index (χ1n) is 12.0. The lowest BCUT2D eigenvalue weighted by Gasteiger charge is -2.31. The smallest absolute Gasteiger partial charge is 0.347 e. The van der Waals surface area contributed by atoms with Gasteiger partial charge >= 0.3 is 6.18 Å². The molecule has 37 heavy (non-hydrogen) atoms. The van der Waals surface area contributed by atoms with Crippen molar-refractivity contribution in [1.82, 2.24) is 15.2 Å². The van der Waals surface area contributed by atoms with Crippen molar-refractivity contribution < 1.29 is 35.6 Å². The quantitative estimate of drug-likeness (QED) is 0.528. The second-order valence-corrected chi connectivity index (χ2v) is 11.5. The van der Waals surface area contributed by atoms with Gasteiger partial charge in [-0.05, 0) is 67.9 Å². The van der Waals surface area contributed by atoms with Crippen LogP contribution in [0.5, 0.6) is 0 Å². The first-order valence-corrected chi connectivity index (χ1v) is 13.9. The summed E-state index contributed by atoms with van der Waals surface area (Å²) in [5.41, 5.74) is -1.06. The number of carbonyl (C=O) groups is 2. The summed E-state index contributed by atoms with van der Waals surface area (Å²) in [7, 11) is -3.66. The number of rotatable bonds is 7. The Balaban J connectivity index is 1.59. The summed E-state index contributed by atoms with van der Waals surface area (Å²) in [6.07, 6.45) is 0.296. The highest BCUT2D eigenvalue weighted by atomic mass is 32.2. The number of aromatic nitrogens is 1. The molecule has 12 heteroatoms. The molecule has 2 amide bonds. The van der Waals surface area contributed by atoms with Gasteiger partial charge < -0.3 is 10.2 Å². The molecule has 1 aliphatic heterocycles. The van der Waals surface area contributed by atoms with Crippen LogP contribution < -0.4 is 5.32 Å². The molecule has 3 atom stereocenters. The third kappa shape index (κ3) is 5.78. The van der Waals surface area contributed by atoms with Crippen LogP contribution in [0.4, 0.5) is 17.6 Å². The van der Waals surface area contributed by atoms with Gasteiger partial charge in [-0.25, -0.2) is 17.8 Å². The number of halogens is 4. The molecule has 2 fully saturated rings. The molecule has 1 aromatic heterocycles. The number of nitrogens with zero attached hydrogens (tertiary/aromatic N) is 2. The van der Waals surface area contributed by atoms with E-state index >= 15 is 0 Å². The average molecular weight is 542 g/mol. The van der Waals surface area contributed by atoms with E-state index in [1.807, 2.05) is 6.92 Å². The van der Waals surface area contributed by atoms with Gasteiger partial charge in [0, 0.05) is 24.1 Å². The number of likely N-dealkylation sites (tertiary alicyclic amines) is 1. The van der Waals surface area contributed by atoms with Crippen LogP contribution in [-0.4, -0.2) is 48.5 Å². The molecule has 2 aromatic rings. The van der Waals surface area contributed by atoms with Gasteiger partial charge in [0.25, 0.3) is 5.91 Å². The number of nitrogens with one attached hydrogen (secondary N) is 1. The second kappa shape index (κ2) is 10.0. The lowest BCUT2D eigenvalue weighted by molar-refractivity contribution is -0.140. The lowest BCUT2D eigenvalue weighted by Crippen LogP contribution is -2.49. The van der Waals surface area contributed by atoms with Gasteiger partial charge in [0.15, 0.2) is 14.9 Å². The number of hydrogen-bond acceptors (Lipinski definition) is 5. The standard InChI is InChI=1S/C25H27F4N3O4S/c1-3-17-7-9-20(32(17)24(34)16-10-11-30-21(13-16)37(2,35)36)23(33)31-22(14-4-5-14)15-6-8-18(19(26)12-15)25(27,28)29/h6,8,10-14,17,20,22H,3-5,7,9H2,1-2H3,(H,31,33)/t17-,20-,22?/m1/s1.